The topological polar surface area (TPSA) is 78.0 Å². The molecule has 1 aromatic rings. The Hall–Kier alpha value is -2.29. The van der Waals surface area contributed by atoms with Crippen LogP contribution in [0.3, 0.4) is 0 Å². The Balaban J connectivity index is 1.13. The molecule has 0 N–H and O–H groups in total. The number of hydrogen-bond donors (Lipinski definition) is 0. The number of hydrogen-bond acceptors (Lipinski definition) is 5. The van der Waals surface area contributed by atoms with E-state index in [9.17, 15) is 18.0 Å². The third-order valence-electron chi connectivity index (χ3n) is 7.12. The zero-order chi connectivity index (χ0) is 21.6. The van der Waals surface area contributed by atoms with Crippen LogP contribution in [-0.2, 0) is 19.6 Å². The number of amides is 2. The number of piperazine rings is 1. The van der Waals surface area contributed by atoms with Gasteiger partial charge < -0.3 is 0 Å². The maximum absolute atomic E-state index is 12.8. The van der Waals surface area contributed by atoms with Crippen molar-refractivity contribution in [3.8, 4) is 0 Å². The van der Waals surface area contributed by atoms with E-state index in [-0.39, 0.29) is 35.5 Å². The first-order chi connectivity index (χ1) is 14.9. The second-order valence-electron chi connectivity index (χ2n) is 8.83. The van der Waals surface area contributed by atoms with Crippen LogP contribution in [0.15, 0.2) is 47.9 Å². The molecule has 0 spiro atoms. The summed E-state index contributed by atoms with van der Waals surface area (Å²) in [4.78, 5) is 29.2. The maximum atomic E-state index is 12.8. The number of allylic oxidation sites excluding steroid dienone is 2. The predicted molar refractivity (Wildman–Crippen MR) is 117 cm³/mol. The Morgan fingerprint density at radius 2 is 1.48 bits per heavy atom. The van der Waals surface area contributed by atoms with Crippen molar-refractivity contribution in [2.75, 3.05) is 39.3 Å². The van der Waals surface area contributed by atoms with Crippen LogP contribution in [0.1, 0.15) is 12.0 Å². The first kappa shape index (κ1) is 20.6. The standard InChI is InChI=1S/C23H27N3O4S/c27-22-20-18-6-7-19(16-18)21(20)23(28)26(22)14-11-24-9-12-25(13-10-24)31(29,30)15-8-17-4-2-1-3-5-17/h1-8,15,18-21H,9-14,16H2/b15-8+/t18-,19-,20-,21-/m0/s1. The predicted octanol–water partition coefficient (Wildman–Crippen LogP) is 1.41. The van der Waals surface area contributed by atoms with Crippen LogP contribution in [0, 0.1) is 23.7 Å². The van der Waals surface area contributed by atoms with Gasteiger partial charge >= 0.3 is 0 Å². The van der Waals surface area contributed by atoms with E-state index < -0.39 is 10.0 Å². The van der Waals surface area contributed by atoms with Crippen LogP contribution in [0.2, 0.25) is 0 Å². The zero-order valence-electron chi connectivity index (χ0n) is 17.3. The number of carbonyl (C=O) groups excluding carboxylic acids is 2. The van der Waals surface area contributed by atoms with Crippen LogP contribution < -0.4 is 0 Å². The van der Waals surface area contributed by atoms with Gasteiger partial charge in [-0.2, -0.15) is 4.31 Å². The van der Waals surface area contributed by atoms with E-state index in [0.717, 1.165) is 12.0 Å². The van der Waals surface area contributed by atoms with E-state index in [1.165, 1.54) is 14.6 Å². The Labute approximate surface area is 183 Å². The lowest BCUT2D eigenvalue weighted by Gasteiger charge is -2.34. The molecule has 4 aliphatic rings. The molecule has 2 aliphatic carbocycles. The summed E-state index contributed by atoms with van der Waals surface area (Å²) in [6.45, 7) is 2.98. The van der Waals surface area contributed by atoms with Gasteiger partial charge in [0.25, 0.3) is 0 Å². The Bertz CT molecular complexity index is 998. The maximum Gasteiger partial charge on any atom is 0.236 e. The van der Waals surface area contributed by atoms with Crippen molar-refractivity contribution in [2.45, 2.75) is 6.42 Å². The number of nitrogens with zero attached hydrogens (tertiary/aromatic N) is 3. The minimum atomic E-state index is -3.47. The molecule has 4 atom stereocenters. The quantitative estimate of drug-likeness (QED) is 0.493. The molecule has 1 aromatic carbocycles. The average molecular weight is 442 g/mol. The lowest BCUT2D eigenvalue weighted by atomic mass is 9.85. The molecule has 8 heteroatoms. The zero-order valence-corrected chi connectivity index (χ0v) is 18.2. The van der Waals surface area contributed by atoms with E-state index in [1.807, 2.05) is 30.3 Å². The van der Waals surface area contributed by atoms with Gasteiger partial charge in [-0.15, -0.1) is 0 Å². The minimum absolute atomic E-state index is 0.0147. The van der Waals surface area contributed by atoms with Gasteiger partial charge in [-0.3, -0.25) is 19.4 Å². The third-order valence-corrected chi connectivity index (χ3v) is 8.69. The van der Waals surface area contributed by atoms with Gasteiger partial charge in [0.05, 0.1) is 11.8 Å². The largest absolute Gasteiger partial charge is 0.299 e. The van der Waals surface area contributed by atoms with Gasteiger partial charge in [0.15, 0.2) is 0 Å². The van der Waals surface area contributed by atoms with Crippen molar-refractivity contribution in [2.24, 2.45) is 23.7 Å². The molecule has 0 radical (unpaired) electrons. The Kier molecular flexibility index (Phi) is 5.32. The number of benzene rings is 1. The number of likely N-dealkylation sites (tertiary alicyclic amines) is 1. The molecule has 2 bridgehead atoms. The lowest BCUT2D eigenvalue weighted by Crippen LogP contribution is -2.50. The smallest absolute Gasteiger partial charge is 0.236 e. The van der Waals surface area contributed by atoms with Crippen molar-refractivity contribution in [3.05, 3.63) is 53.5 Å². The number of carbonyl (C=O) groups is 2. The van der Waals surface area contributed by atoms with E-state index in [4.69, 9.17) is 0 Å². The molecule has 3 fully saturated rings. The monoisotopic (exact) mass is 441 g/mol. The third kappa shape index (κ3) is 3.77. The van der Waals surface area contributed by atoms with Gasteiger partial charge in [0.2, 0.25) is 21.8 Å². The van der Waals surface area contributed by atoms with Crippen molar-refractivity contribution >= 4 is 27.9 Å². The summed E-state index contributed by atoms with van der Waals surface area (Å²) in [6.07, 6.45) is 6.76. The highest BCUT2D eigenvalue weighted by molar-refractivity contribution is 7.92. The molecule has 2 amide bonds. The molecule has 2 saturated heterocycles. The normalized spacial score (nSPS) is 31.3. The summed E-state index contributed by atoms with van der Waals surface area (Å²) in [5.41, 5.74) is 0.845. The van der Waals surface area contributed by atoms with E-state index >= 15 is 0 Å². The van der Waals surface area contributed by atoms with Crippen LogP contribution in [0.25, 0.3) is 6.08 Å². The summed E-state index contributed by atoms with van der Waals surface area (Å²) in [7, 11) is -3.47. The van der Waals surface area contributed by atoms with Crippen LogP contribution in [-0.4, -0.2) is 73.6 Å². The summed E-state index contributed by atoms with van der Waals surface area (Å²) in [6, 6.07) is 9.35. The second-order valence-corrected chi connectivity index (χ2v) is 10.6. The molecule has 2 heterocycles. The van der Waals surface area contributed by atoms with Crippen molar-refractivity contribution in [3.63, 3.8) is 0 Å². The Morgan fingerprint density at radius 1 is 0.871 bits per heavy atom. The first-order valence-electron chi connectivity index (χ1n) is 10.9. The molecule has 2 aliphatic heterocycles. The first-order valence-corrected chi connectivity index (χ1v) is 12.4. The average Bonchev–Trinajstić information content (AvgIpc) is 3.46. The molecule has 164 valence electrons. The highest BCUT2D eigenvalue weighted by atomic mass is 32.2. The fourth-order valence-corrected chi connectivity index (χ4v) is 6.62. The van der Waals surface area contributed by atoms with Gasteiger partial charge in [-0.05, 0) is 29.9 Å². The van der Waals surface area contributed by atoms with Gasteiger partial charge in [-0.1, -0.05) is 42.5 Å². The number of imide groups is 1. The summed E-state index contributed by atoms with van der Waals surface area (Å²) in [5.74, 6) is 0.128. The van der Waals surface area contributed by atoms with Crippen LogP contribution >= 0.6 is 0 Å². The molecule has 7 nitrogen and oxygen atoms in total. The highest BCUT2D eigenvalue weighted by Crippen LogP contribution is 2.52. The summed E-state index contributed by atoms with van der Waals surface area (Å²) < 4.78 is 26.7. The summed E-state index contributed by atoms with van der Waals surface area (Å²) in [5, 5.41) is 1.26. The molecule has 0 aromatic heterocycles. The fourth-order valence-electron chi connectivity index (χ4n) is 5.45. The Morgan fingerprint density at radius 3 is 2.10 bits per heavy atom. The molecular formula is C23H27N3O4S. The molecule has 31 heavy (non-hydrogen) atoms. The fraction of sp³-hybridized carbons (Fsp3) is 0.478. The van der Waals surface area contributed by atoms with Crippen molar-refractivity contribution in [1.82, 2.24) is 14.1 Å². The number of fused-ring (bicyclic) bond motifs is 5. The van der Waals surface area contributed by atoms with Crippen LogP contribution in [0.5, 0.6) is 0 Å². The number of rotatable bonds is 6. The molecule has 5 rings (SSSR count). The highest BCUT2D eigenvalue weighted by Gasteiger charge is 2.59. The second kappa shape index (κ2) is 8.00. The molecule has 1 saturated carbocycles. The molecular weight excluding hydrogens is 414 g/mol. The van der Waals surface area contributed by atoms with Gasteiger partial charge in [0.1, 0.15) is 0 Å². The molecule has 0 unspecified atom stereocenters. The SMILES string of the molecule is O=C1[C@@H]2[C@@H](C(=O)N1CCN1CCN(S(=O)(=O)/C=C/c3ccccc3)CC1)[C@H]1C=C[C@H]2C1. The van der Waals surface area contributed by atoms with Crippen molar-refractivity contribution in [1.29, 1.82) is 0 Å². The van der Waals surface area contributed by atoms with Gasteiger partial charge in [0, 0.05) is 44.7 Å². The van der Waals surface area contributed by atoms with Gasteiger partial charge in [-0.25, -0.2) is 8.42 Å². The van der Waals surface area contributed by atoms with Crippen LogP contribution in [0.4, 0.5) is 0 Å². The van der Waals surface area contributed by atoms with E-state index in [2.05, 4.69) is 17.1 Å². The number of sulfonamides is 1. The van der Waals surface area contributed by atoms with E-state index in [1.54, 1.807) is 6.08 Å². The van der Waals surface area contributed by atoms with E-state index in [0.29, 0.717) is 39.3 Å². The van der Waals surface area contributed by atoms with Crippen molar-refractivity contribution < 1.29 is 18.0 Å². The summed E-state index contributed by atoms with van der Waals surface area (Å²) >= 11 is 0. The lowest BCUT2D eigenvalue weighted by molar-refractivity contribution is -0.140. The minimum Gasteiger partial charge on any atom is -0.299 e.